The molecule has 0 saturated carbocycles. The highest BCUT2D eigenvalue weighted by Crippen LogP contribution is 2.25. The zero-order valence-electron chi connectivity index (χ0n) is 13.3. The molecular formula is C15H20N6O. The first-order chi connectivity index (χ1) is 10.5. The van der Waals surface area contributed by atoms with E-state index < -0.39 is 0 Å². The fraction of sp³-hybridized carbons (Fsp3) is 0.467. The number of hydrogen-bond donors (Lipinski definition) is 0. The lowest BCUT2D eigenvalue weighted by molar-refractivity contribution is 0.550. The zero-order chi connectivity index (χ0) is 15.7. The maximum Gasteiger partial charge on any atom is 0.252 e. The molecule has 3 aromatic rings. The number of hydrogen-bond acceptors (Lipinski definition) is 6. The molecule has 0 aliphatic rings. The molecule has 0 aliphatic carbocycles. The van der Waals surface area contributed by atoms with Crippen LogP contribution in [-0.2, 0) is 13.6 Å². The van der Waals surface area contributed by atoms with Gasteiger partial charge in [-0.15, -0.1) is 0 Å². The van der Waals surface area contributed by atoms with Crippen LogP contribution in [0.15, 0.2) is 23.1 Å². The summed E-state index contributed by atoms with van der Waals surface area (Å²) >= 11 is 0. The molecule has 0 saturated heterocycles. The Hall–Kier alpha value is -2.44. The van der Waals surface area contributed by atoms with Crippen molar-refractivity contribution in [2.45, 2.75) is 27.3 Å². The molecule has 0 bridgehead atoms. The fourth-order valence-corrected chi connectivity index (χ4v) is 2.52. The number of aryl methyl sites for hydroxylation is 2. The van der Waals surface area contributed by atoms with Gasteiger partial charge in [-0.2, -0.15) is 10.1 Å². The van der Waals surface area contributed by atoms with E-state index in [-0.39, 0.29) is 0 Å². The van der Waals surface area contributed by atoms with E-state index >= 15 is 0 Å². The highest BCUT2D eigenvalue weighted by atomic mass is 16.4. The Balaban J connectivity index is 1.99. The molecule has 0 atom stereocenters. The van der Waals surface area contributed by atoms with Crippen LogP contribution < -0.4 is 4.90 Å². The van der Waals surface area contributed by atoms with Crippen LogP contribution >= 0.6 is 0 Å². The van der Waals surface area contributed by atoms with E-state index in [1.54, 1.807) is 4.68 Å². The SMILES string of the molecule is Cc1nc2c(N(Cc3cnn(C)c3)CC(C)C)ncnc2o1. The van der Waals surface area contributed by atoms with E-state index in [1.165, 1.54) is 6.33 Å². The van der Waals surface area contributed by atoms with E-state index in [0.29, 0.717) is 23.0 Å². The van der Waals surface area contributed by atoms with Gasteiger partial charge in [-0.3, -0.25) is 4.68 Å². The molecule has 0 aromatic carbocycles. The fourth-order valence-electron chi connectivity index (χ4n) is 2.52. The topological polar surface area (TPSA) is 72.9 Å². The van der Waals surface area contributed by atoms with E-state index in [1.807, 2.05) is 26.4 Å². The van der Waals surface area contributed by atoms with E-state index in [4.69, 9.17) is 4.42 Å². The predicted molar refractivity (Wildman–Crippen MR) is 83.4 cm³/mol. The first-order valence-corrected chi connectivity index (χ1v) is 7.33. The Bertz CT molecular complexity index is 775. The Labute approximate surface area is 129 Å². The molecule has 0 aliphatic heterocycles. The lowest BCUT2D eigenvalue weighted by atomic mass is 10.2. The van der Waals surface area contributed by atoms with Gasteiger partial charge in [-0.25, -0.2) is 9.97 Å². The van der Waals surface area contributed by atoms with Gasteiger partial charge in [-0.1, -0.05) is 13.8 Å². The molecule has 0 radical (unpaired) electrons. The van der Waals surface area contributed by atoms with Crippen LogP contribution in [0.4, 0.5) is 5.82 Å². The Morgan fingerprint density at radius 3 is 2.82 bits per heavy atom. The van der Waals surface area contributed by atoms with Gasteiger partial charge in [0.15, 0.2) is 17.2 Å². The maximum absolute atomic E-state index is 5.51. The number of rotatable bonds is 5. The Morgan fingerprint density at radius 1 is 1.32 bits per heavy atom. The van der Waals surface area contributed by atoms with Crippen LogP contribution in [0.25, 0.3) is 11.2 Å². The van der Waals surface area contributed by atoms with Gasteiger partial charge in [0, 0.05) is 38.8 Å². The van der Waals surface area contributed by atoms with Gasteiger partial charge in [0.25, 0.3) is 5.71 Å². The van der Waals surface area contributed by atoms with Crippen LogP contribution in [0.5, 0.6) is 0 Å². The number of aromatic nitrogens is 5. The third kappa shape index (κ3) is 2.93. The quantitative estimate of drug-likeness (QED) is 0.720. The van der Waals surface area contributed by atoms with Gasteiger partial charge in [0.05, 0.1) is 6.20 Å². The minimum atomic E-state index is 0.495. The maximum atomic E-state index is 5.51. The Morgan fingerprint density at radius 2 is 2.14 bits per heavy atom. The normalized spacial score (nSPS) is 11.5. The molecule has 0 spiro atoms. The summed E-state index contributed by atoms with van der Waals surface area (Å²) in [5, 5.41) is 4.23. The summed E-state index contributed by atoms with van der Waals surface area (Å²) in [6, 6.07) is 0. The summed E-state index contributed by atoms with van der Waals surface area (Å²) in [5.74, 6) is 1.90. The Kier molecular flexibility index (Phi) is 3.79. The minimum absolute atomic E-state index is 0.495. The number of fused-ring (bicyclic) bond motifs is 1. The standard InChI is InChI=1S/C15H20N6O/c1-10(2)6-21(8-12-5-18-20(4)7-12)14-13-15(17-9-16-14)22-11(3)19-13/h5,7,9-10H,6,8H2,1-4H3. The molecule has 3 aromatic heterocycles. The van der Waals surface area contributed by atoms with Gasteiger partial charge < -0.3 is 9.32 Å². The van der Waals surface area contributed by atoms with Crippen LogP contribution in [-0.4, -0.2) is 31.3 Å². The molecule has 3 heterocycles. The van der Waals surface area contributed by atoms with Crippen LogP contribution in [0.3, 0.4) is 0 Å². The van der Waals surface area contributed by atoms with Crippen LogP contribution in [0.2, 0.25) is 0 Å². The smallest absolute Gasteiger partial charge is 0.252 e. The molecule has 7 nitrogen and oxygen atoms in total. The average Bonchev–Trinajstić information content (AvgIpc) is 3.01. The third-order valence-corrected chi connectivity index (χ3v) is 3.30. The van der Waals surface area contributed by atoms with Crippen molar-refractivity contribution in [1.29, 1.82) is 0 Å². The van der Waals surface area contributed by atoms with Gasteiger partial charge >= 0.3 is 0 Å². The van der Waals surface area contributed by atoms with Crippen molar-refractivity contribution in [1.82, 2.24) is 24.7 Å². The van der Waals surface area contributed by atoms with Crippen molar-refractivity contribution in [3.05, 3.63) is 30.2 Å². The second-order valence-corrected chi connectivity index (χ2v) is 5.88. The summed E-state index contributed by atoms with van der Waals surface area (Å²) < 4.78 is 7.32. The second-order valence-electron chi connectivity index (χ2n) is 5.88. The van der Waals surface area contributed by atoms with Crippen molar-refractivity contribution < 1.29 is 4.42 Å². The van der Waals surface area contributed by atoms with Crippen molar-refractivity contribution in [3.8, 4) is 0 Å². The zero-order valence-corrected chi connectivity index (χ0v) is 13.3. The van der Waals surface area contributed by atoms with Crippen LogP contribution in [0.1, 0.15) is 25.3 Å². The van der Waals surface area contributed by atoms with Gasteiger partial charge in [0.2, 0.25) is 0 Å². The monoisotopic (exact) mass is 300 g/mol. The third-order valence-electron chi connectivity index (χ3n) is 3.30. The highest BCUT2D eigenvalue weighted by Gasteiger charge is 2.18. The van der Waals surface area contributed by atoms with Crippen molar-refractivity contribution in [2.75, 3.05) is 11.4 Å². The summed E-state index contributed by atoms with van der Waals surface area (Å²) in [6.45, 7) is 7.78. The van der Waals surface area contributed by atoms with Crippen molar-refractivity contribution in [3.63, 3.8) is 0 Å². The minimum Gasteiger partial charge on any atom is -0.422 e. The van der Waals surface area contributed by atoms with Gasteiger partial charge in [-0.05, 0) is 5.92 Å². The molecule has 0 N–H and O–H groups in total. The first-order valence-electron chi connectivity index (χ1n) is 7.33. The molecule has 0 amide bonds. The summed E-state index contributed by atoms with van der Waals surface area (Å²) in [5.41, 5.74) is 2.38. The molecule has 7 heteroatoms. The highest BCUT2D eigenvalue weighted by molar-refractivity contribution is 5.81. The molecular weight excluding hydrogens is 280 g/mol. The van der Waals surface area contributed by atoms with Crippen LogP contribution in [0, 0.1) is 12.8 Å². The average molecular weight is 300 g/mol. The van der Waals surface area contributed by atoms with Crippen molar-refractivity contribution in [2.24, 2.45) is 13.0 Å². The summed E-state index contributed by atoms with van der Waals surface area (Å²) in [7, 11) is 1.92. The number of nitrogens with zero attached hydrogens (tertiary/aromatic N) is 6. The lowest BCUT2D eigenvalue weighted by Gasteiger charge is -2.24. The predicted octanol–water partition coefficient (Wildman–Crippen LogP) is 2.32. The largest absolute Gasteiger partial charge is 0.422 e. The van der Waals surface area contributed by atoms with E-state index in [0.717, 1.165) is 24.5 Å². The first kappa shape index (κ1) is 14.5. The summed E-state index contributed by atoms with van der Waals surface area (Å²) in [6.07, 6.45) is 5.42. The van der Waals surface area contributed by atoms with Crippen molar-refractivity contribution >= 4 is 17.0 Å². The van der Waals surface area contributed by atoms with E-state index in [9.17, 15) is 0 Å². The molecule has 22 heavy (non-hydrogen) atoms. The molecule has 3 rings (SSSR count). The van der Waals surface area contributed by atoms with Gasteiger partial charge in [0.1, 0.15) is 6.33 Å². The second kappa shape index (κ2) is 5.75. The molecule has 116 valence electrons. The number of anilines is 1. The molecule has 0 unspecified atom stereocenters. The molecule has 0 fully saturated rings. The number of oxazole rings is 1. The summed E-state index contributed by atoms with van der Waals surface area (Å²) in [4.78, 5) is 15.2. The lowest BCUT2D eigenvalue weighted by Crippen LogP contribution is -2.28. The van der Waals surface area contributed by atoms with E-state index in [2.05, 4.69) is 38.8 Å².